The summed E-state index contributed by atoms with van der Waals surface area (Å²) in [5.74, 6) is 5.66. The highest BCUT2D eigenvalue weighted by Crippen LogP contribution is 2.38. The van der Waals surface area contributed by atoms with Crippen molar-refractivity contribution in [2.75, 3.05) is 5.32 Å². The van der Waals surface area contributed by atoms with Gasteiger partial charge in [0.15, 0.2) is 0 Å². The van der Waals surface area contributed by atoms with Crippen molar-refractivity contribution in [1.29, 1.82) is 0 Å². The molecular weight excluding hydrogens is 198 g/mol. The molecule has 3 heteroatoms. The van der Waals surface area contributed by atoms with E-state index in [4.69, 9.17) is 5.84 Å². The zero-order valence-electron chi connectivity index (χ0n) is 8.77. The molecule has 3 rings (SSSR count). The van der Waals surface area contributed by atoms with Gasteiger partial charge in [0.05, 0.1) is 6.04 Å². The number of hydrogen-bond acceptors (Lipinski definition) is 3. The third-order valence-corrected chi connectivity index (χ3v) is 2.98. The van der Waals surface area contributed by atoms with Gasteiger partial charge >= 0.3 is 0 Å². The first-order valence-electron chi connectivity index (χ1n) is 5.31. The van der Waals surface area contributed by atoms with Crippen molar-refractivity contribution in [3.05, 3.63) is 59.7 Å². The molecule has 1 heterocycles. The Balaban J connectivity index is 2.19. The number of fused-ring (bicyclic) bond motifs is 2. The lowest BCUT2D eigenvalue weighted by atomic mass is 9.92. The second-order valence-electron chi connectivity index (χ2n) is 3.90. The first-order valence-corrected chi connectivity index (χ1v) is 5.31. The topological polar surface area (TPSA) is 50.1 Å². The Bertz CT molecular complexity index is 477. The Kier molecular flexibility index (Phi) is 2.13. The van der Waals surface area contributed by atoms with E-state index >= 15 is 0 Å². The quantitative estimate of drug-likeness (QED) is 0.501. The summed E-state index contributed by atoms with van der Waals surface area (Å²) < 4.78 is 0. The van der Waals surface area contributed by atoms with Crippen LogP contribution in [0.5, 0.6) is 0 Å². The average molecular weight is 211 g/mol. The van der Waals surface area contributed by atoms with Crippen molar-refractivity contribution in [2.45, 2.75) is 6.04 Å². The van der Waals surface area contributed by atoms with Gasteiger partial charge in [-0.05, 0) is 23.3 Å². The Hall–Kier alpha value is -1.84. The fourth-order valence-corrected chi connectivity index (χ4v) is 2.22. The maximum absolute atomic E-state index is 5.66. The molecular formula is C13H13N3. The lowest BCUT2D eigenvalue weighted by molar-refractivity contribution is 0.635. The summed E-state index contributed by atoms with van der Waals surface area (Å²) in [6.45, 7) is 0. The molecule has 16 heavy (non-hydrogen) atoms. The van der Waals surface area contributed by atoms with Gasteiger partial charge in [-0.25, -0.2) is 5.43 Å². The molecule has 0 spiro atoms. The number of nitrogens with one attached hydrogen (secondary N) is 2. The van der Waals surface area contributed by atoms with Crippen LogP contribution in [0.3, 0.4) is 0 Å². The minimum Gasteiger partial charge on any atom is -0.355 e. The van der Waals surface area contributed by atoms with E-state index in [0.29, 0.717) is 0 Å². The van der Waals surface area contributed by atoms with Gasteiger partial charge < -0.3 is 5.32 Å². The summed E-state index contributed by atoms with van der Waals surface area (Å²) in [7, 11) is 0. The molecule has 80 valence electrons. The van der Waals surface area contributed by atoms with Gasteiger partial charge in [0, 0.05) is 11.4 Å². The van der Waals surface area contributed by atoms with E-state index in [1.165, 1.54) is 11.1 Å². The Labute approximate surface area is 94.3 Å². The monoisotopic (exact) mass is 211 g/mol. The number of nitrogens with two attached hydrogens (primary N) is 1. The highest BCUT2D eigenvalue weighted by molar-refractivity contribution is 5.73. The first kappa shape index (κ1) is 9.39. The molecule has 3 nitrogen and oxygen atoms in total. The summed E-state index contributed by atoms with van der Waals surface area (Å²) in [6.07, 6.45) is 0. The maximum atomic E-state index is 5.66. The molecule has 0 amide bonds. The van der Waals surface area contributed by atoms with Gasteiger partial charge in [0.1, 0.15) is 0 Å². The van der Waals surface area contributed by atoms with Crippen molar-refractivity contribution in [3.63, 3.8) is 0 Å². The van der Waals surface area contributed by atoms with Crippen LogP contribution < -0.4 is 16.6 Å². The van der Waals surface area contributed by atoms with E-state index in [2.05, 4.69) is 35.0 Å². The van der Waals surface area contributed by atoms with Crippen LogP contribution in [0.2, 0.25) is 0 Å². The Morgan fingerprint density at radius 3 is 1.88 bits per heavy atom. The molecule has 1 aliphatic rings. The zero-order valence-corrected chi connectivity index (χ0v) is 8.77. The van der Waals surface area contributed by atoms with Crippen molar-refractivity contribution in [1.82, 2.24) is 5.43 Å². The van der Waals surface area contributed by atoms with Crippen molar-refractivity contribution < 1.29 is 0 Å². The fourth-order valence-electron chi connectivity index (χ4n) is 2.22. The van der Waals surface area contributed by atoms with Crippen LogP contribution in [0.25, 0.3) is 0 Å². The van der Waals surface area contributed by atoms with E-state index in [-0.39, 0.29) is 6.04 Å². The van der Waals surface area contributed by atoms with Gasteiger partial charge in [-0.3, -0.25) is 5.84 Å². The van der Waals surface area contributed by atoms with Gasteiger partial charge in [0.25, 0.3) is 0 Å². The fraction of sp³-hybridized carbons (Fsp3) is 0.0769. The van der Waals surface area contributed by atoms with Crippen LogP contribution in [0.1, 0.15) is 17.2 Å². The predicted molar refractivity (Wildman–Crippen MR) is 65.3 cm³/mol. The zero-order chi connectivity index (χ0) is 11.0. The van der Waals surface area contributed by atoms with Crippen LogP contribution in [0, 0.1) is 0 Å². The maximum Gasteiger partial charge on any atom is 0.0750 e. The Morgan fingerprint density at radius 2 is 1.38 bits per heavy atom. The molecule has 0 atom stereocenters. The van der Waals surface area contributed by atoms with E-state index in [1.54, 1.807) is 0 Å². The Morgan fingerprint density at radius 1 is 0.875 bits per heavy atom. The SMILES string of the molecule is NNC1c2ccccc2Nc2ccccc21. The largest absolute Gasteiger partial charge is 0.355 e. The number of rotatable bonds is 1. The molecule has 0 saturated heterocycles. The molecule has 2 aromatic rings. The number of benzene rings is 2. The molecule has 0 aromatic heterocycles. The van der Waals surface area contributed by atoms with Crippen LogP contribution in [0.15, 0.2) is 48.5 Å². The van der Waals surface area contributed by atoms with Gasteiger partial charge in [-0.2, -0.15) is 0 Å². The van der Waals surface area contributed by atoms with E-state index in [9.17, 15) is 0 Å². The number of anilines is 2. The van der Waals surface area contributed by atoms with Crippen molar-refractivity contribution in [3.8, 4) is 0 Å². The third kappa shape index (κ3) is 1.30. The molecule has 0 bridgehead atoms. The van der Waals surface area contributed by atoms with Crippen LogP contribution >= 0.6 is 0 Å². The third-order valence-electron chi connectivity index (χ3n) is 2.98. The summed E-state index contributed by atoms with van der Waals surface area (Å²) >= 11 is 0. The predicted octanol–water partition coefficient (Wildman–Crippen LogP) is 2.30. The highest BCUT2D eigenvalue weighted by Gasteiger charge is 2.23. The second kappa shape index (κ2) is 3.63. The molecule has 0 aliphatic carbocycles. The average Bonchev–Trinajstić information content (AvgIpc) is 2.36. The molecule has 2 aromatic carbocycles. The molecule has 0 radical (unpaired) electrons. The smallest absolute Gasteiger partial charge is 0.0750 e. The van der Waals surface area contributed by atoms with Gasteiger partial charge in [-0.1, -0.05) is 36.4 Å². The van der Waals surface area contributed by atoms with Gasteiger partial charge in [0.2, 0.25) is 0 Å². The minimum atomic E-state index is 0.0636. The second-order valence-corrected chi connectivity index (χ2v) is 3.90. The standard InChI is InChI=1S/C13H13N3/c14-16-13-9-5-1-3-7-11(9)15-12-8-4-2-6-10(12)13/h1-8,13,15-16H,14H2. The van der Waals surface area contributed by atoms with E-state index in [0.717, 1.165) is 11.4 Å². The normalized spacial score (nSPS) is 13.8. The van der Waals surface area contributed by atoms with E-state index in [1.807, 2.05) is 24.3 Å². The number of para-hydroxylation sites is 2. The molecule has 0 saturated carbocycles. The number of hydrazine groups is 1. The minimum absolute atomic E-state index is 0.0636. The molecule has 0 unspecified atom stereocenters. The highest BCUT2D eigenvalue weighted by atomic mass is 15.2. The first-order chi connectivity index (χ1) is 7.90. The van der Waals surface area contributed by atoms with Crippen LogP contribution in [-0.4, -0.2) is 0 Å². The molecule has 1 aliphatic heterocycles. The summed E-state index contributed by atoms with van der Waals surface area (Å²) in [5.41, 5.74) is 7.47. The summed E-state index contributed by atoms with van der Waals surface area (Å²) in [6, 6.07) is 16.5. The summed E-state index contributed by atoms with van der Waals surface area (Å²) in [5, 5.41) is 3.41. The van der Waals surface area contributed by atoms with Crippen LogP contribution in [-0.2, 0) is 0 Å². The summed E-state index contributed by atoms with van der Waals surface area (Å²) in [4.78, 5) is 0. The van der Waals surface area contributed by atoms with Crippen molar-refractivity contribution >= 4 is 11.4 Å². The lowest BCUT2D eigenvalue weighted by Gasteiger charge is -2.28. The molecule has 4 N–H and O–H groups in total. The number of hydrogen-bond donors (Lipinski definition) is 3. The molecule has 0 fully saturated rings. The van der Waals surface area contributed by atoms with Crippen LogP contribution in [0.4, 0.5) is 11.4 Å². The van der Waals surface area contributed by atoms with Crippen molar-refractivity contribution in [2.24, 2.45) is 5.84 Å². The van der Waals surface area contributed by atoms with Gasteiger partial charge in [-0.15, -0.1) is 0 Å². The lowest BCUT2D eigenvalue weighted by Crippen LogP contribution is -2.31. The van der Waals surface area contributed by atoms with E-state index < -0.39 is 0 Å².